The van der Waals surface area contributed by atoms with Crippen LogP contribution in [0.15, 0.2) is 22.1 Å². The summed E-state index contributed by atoms with van der Waals surface area (Å²) in [5.41, 5.74) is 1.67. The second kappa shape index (κ2) is 8.34. The van der Waals surface area contributed by atoms with E-state index in [0.717, 1.165) is 23.9 Å². The Morgan fingerprint density at radius 1 is 1.42 bits per heavy atom. The van der Waals surface area contributed by atoms with Crippen LogP contribution in [0.1, 0.15) is 6.92 Å². The standard InChI is InChI=1S/C13H11ClF4N2O3S/c1-6(12(22)23-2)24-10-4-9(8(15)3-7(10)14)20-19-5-11(21)13(16,17)18/h3-6,20H,1-2H3/b19-5-. The molecule has 0 radical (unpaired) electrons. The number of hydrogen-bond donors (Lipinski definition) is 1. The summed E-state index contributed by atoms with van der Waals surface area (Å²) < 4.78 is 54.3. The van der Waals surface area contributed by atoms with Crippen molar-refractivity contribution in [1.29, 1.82) is 0 Å². The van der Waals surface area contributed by atoms with Gasteiger partial charge in [0.1, 0.15) is 11.1 Å². The number of alkyl halides is 3. The maximum Gasteiger partial charge on any atom is 0.455 e. The van der Waals surface area contributed by atoms with E-state index in [0.29, 0.717) is 0 Å². The van der Waals surface area contributed by atoms with Gasteiger partial charge in [-0.1, -0.05) is 11.6 Å². The fraction of sp³-hybridized carbons (Fsp3) is 0.308. The number of halogens is 5. The van der Waals surface area contributed by atoms with Crippen molar-refractivity contribution in [3.05, 3.63) is 23.0 Å². The zero-order valence-electron chi connectivity index (χ0n) is 12.3. The predicted molar refractivity (Wildman–Crippen MR) is 81.9 cm³/mol. The first-order valence-corrected chi connectivity index (χ1v) is 7.45. The van der Waals surface area contributed by atoms with Crippen LogP contribution in [0.3, 0.4) is 0 Å². The monoisotopic (exact) mass is 386 g/mol. The molecular formula is C13H11ClF4N2O3S. The van der Waals surface area contributed by atoms with Gasteiger partial charge in [-0.2, -0.15) is 18.3 Å². The van der Waals surface area contributed by atoms with Crippen LogP contribution < -0.4 is 5.43 Å². The number of rotatable bonds is 6. The molecule has 0 saturated heterocycles. The van der Waals surface area contributed by atoms with E-state index in [1.807, 2.05) is 5.43 Å². The maximum atomic E-state index is 13.7. The number of carbonyl (C=O) groups excluding carboxylic acids is 2. The Balaban J connectivity index is 2.93. The van der Waals surface area contributed by atoms with Crippen molar-refractivity contribution in [3.63, 3.8) is 0 Å². The lowest BCUT2D eigenvalue weighted by atomic mass is 10.3. The molecule has 0 saturated carbocycles. The zero-order valence-corrected chi connectivity index (χ0v) is 13.9. The average molecular weight is 387 g/mol. The smallest absolute Gasteiger partial charge is 0.455 e. The minimum Gasteiger partial charge on any atom is -0.468 e. The minimum atomic E-state index is -5.07. The summed E-state index contributed by atoms with van der Waals surface area (Å²) >= 11 is 6.81. The number of nitrogens with zero attached hydrogens (tertiary/aromatic N) is 1. The summed E-state index contributed by atoms with van der Waals surface area (Å²) in [6.45, 7) is 1.53. The Morgan fingerprint density at radius 3 is 2.58 bits per heavy atom. The van der Waals surface area contributed by atoms with Gasteiger partial charge in [-0.25, -0.2) is 4.39 Å². The molecule has 0 spiro atoms. The van der Waals surface area contributed by atoms with Crippen LogP contribution in [0.2, 0.25) is 5.02 Å². The lowest BCUT2D eigenvalue weighted by Gasteiger charge is -2.12. The molecule has 11 heteroatoms. The third kappa shape index (κ3) is 5.68. The highest BCUT2D eigenvalue weighted by Crippen LogP contribution is 2.34. The Kier molecular flexibility index (Phi) is 7.03. The molecule has 0 aliphatic carbocycles. The van der Waals surface area contributed by atoms with Crippen LogP contribution in [0.25, 0.3) is 0 Å². The minimum absolute atomic E-state index is 0.00542. The van der Waals surface area contributed by atoms with Gasteiger partial charge in [-0.3, -0.25) is 15.0 Å². The molecule has 1 rings (SSSR count). The van der Waals surface area contributed by atoms with Crippen LogP contribution in [0, 0.1) is 5.82 Å². The van der Waals surface area contributed by atoms with Crippen LogP contribution in [-0.2, 0) is 14.3 Å². The fourth-order valence-electron chi connectivity index (χ4n) is 1.34. The number of hydrazone groups is 1. The van der Waals surface area contributed by atoms with Gasteiger partial charge in [0, 0.05) is 4.90 Å². The Bertz CT molecular complexity index is 667. The molecule has 1 atom stereocenters. The van der Waals surface area contributed by atoms with E-state index in [1.165, 1.54) is 14.0 Å². The number of carbonyl (C=O) groups is 2. The molecule has 0 amide bonds. The fourth-order valence-corrected chi connectivity index (χ4v) is 2.56. The van der Waals surface area contributed by atoms with E-state index in [1.54, 1.807) is 0 Å². The molecule has 0 bridgehead atoms. The SMILES string of the molecule is COC(=O)C(C)Sc1cc(N/N=C\C(=O)C(F)(F)F)c(F)cc1Cl. The molecule has 0 aromatic heterocycles. The second-order valence-corrected chi connectivity index (χ2v) is 6.07. The number of hydrogen-bond acceptors (Lipinski definition) is 6. The molecule has 24 heavy (non-hydrogen) atoms. The van der Waals surface area contributed by atoms with Gasteiger partial charge in [-0.15, -0.1) is 11.8 Å². The summed E-state index contributed by atoms with van der Waals surface area (Å²) in [7, 11) is 1.20. The summed E-state index contributed by atoms with van der Waals surface area (Å²) in [5.74, 6) is -3.63. The molecule has 1 aromatic rings. The van der Waals surface area contributed by atoms with Crippen molar-refractivity contribution in [2.75, 3.05) is 12.5 Å². The van der Waals surface area contributed by atoms with Crippen molar-refractivity contribution in [3.8, 4) is 0 Å². The number of anilines is 1. The summed E-state index contributed by atoms with van der Waals surface area (Å²) in [5, 5.41) is 2.38. The van der Waals surface area contributed by atoms with Crippen molar-refractivity contribution in [2.45, 2.75) is 23.2 Å². The number of thioether (sulfide) groups is 1. The van der Waals surface area contributed by atoms with E-state index in [9.17, 15) is 27.2 Å². The number of esters is 1. The van der Waals surface area contributed by atoms with E-state index in [2.05, 4.69) is 9.84 Å². The lowest BCUT2D eigenvalue weighted by Crippen LogP contribution is -2.24. The van der Waals surface area contributed by atoms with Gasteiger partial charge in [0.15, 0.2) is 0 Å². The summed E-state index contributed by atoms with van der Waals surface area (Å²) in [6, 6.07) is 2.05. The topological polar surface area (TPSA) is 67.8 Å². The molecule has 5 nitrogen and oxygen atoms in total. The number of methoxy groups -OCH3 is 1. The highest BCUT2D eigenvalue weighted by molar-refractivity contribution is 8.00. The number of benzene rings is 1. The molecule has 0 aliphatic rings. The number of ether oxygens (including phenoxy) is 1. The first kappa shape index (κ1) is 20.2. The molecule has 0 fully saturated rings. The summed E-state index contributed by atoms with van der Waals surface area (Å²) in [6.07, 6.45) is -5.08. The van der Waals surface area contributed by atoms with Crippen LogP contribution in [0.4, 0.5) is 23.2 Å². The van der Waals surface area contributed by atoms with Gasteiger partial charge in [0.25, 0.3) is 5.78 Å². The third-order valence-electron chi connectivity index (χ3n) is 2.50. The average Bonchev–Trinajstić information content (AvgIpc) is 2.49. The van der Waals surface area contributed by atoms with E-state index in [-0.39, 0.29) is 21.8 Å². The summed E-state index contributed by atoms with van der Waals surface area (Å²) in [4.78, 5) is 22.3. The molecular weight excluding hydrogens is 376 g/mol. The second-order valence-electron chi connectivity index (χ2n) is 4.28. The first-order chi connectivity index (χ1) is 11.1. The van der Waals surface area contributed by atoms with Crippen molar-refractivity contribution >= 4 is 47.0 Å². The Morgan fingerprint density at radius 2 is 2.04 bits per heavy atom. The van der Waals surface area contributed by atoms with Gasteiger partial charge in [0.05, 0.1) is 24.0 Å². The van der Waals surface area contributed by atoms with E-state index >= 15 is 0 Å². The van der Waals surface area contributed by atoms with Crippen LogP contribution >= 0.6 is 23.4 Å². The van der Waals surface area contributed by atoms with Gasteiger partial charge in [-0.05, 0) is 19.1 Å². The van der Waals surface area contributed by atoms with Gasteiger partial charge < -0.3 is 4.74 Å². The predicted octanol–water partition coefficient (Wildman–Crippen LogP) is 3.66. The molecule has 1 N–H and O–H groups in total. The number of nitrogens with one attached hydrogen (secondary N) is 1. The van der Waals surface area contributed by atoms with E-state index < -0.39 is 29.0 Å². The van der Waals surface area contributed by atoms with Crippen LogP contribution in [0.5, 0.6) is 0 Å². The van der Waals surface area contributed by atoms with Gasteiger partial charge in [0.2, 0.25) is 0 Å². The Labute approximate surface area is 143 Å². The van der Waals surface area contributed by atoms with Crippen molar-refractivity contribution in [2.24, 2.45) is 5.10 Å². The van der Waals surface area contributed by atoms with Crippen molar-refractivity contribution in [1.82, 2.24) is 0 Å². The van der Waals surface area contributed by atoms with Crippen molar-refractivity contribution < 1.29 is 31.9 Å². The maximum absolute atomic E-state index is 13.7. The molecule has 1 unspecified atom stereocenters. The molecule has 132 valence electrons. The number of ketones is 1. The molecule has 0 aliphatic heterocycles. The van der Waals surface area contributed by atoms with E-state index in [4.69, 9.17) is 11.6 Å². The van der Waals surface area contributed by atoms with Gasteiger partial charge >= 0.3 is 12.1 Å². The Hall–Kier alpha value is -1.81. The number of Topliss-reactive ketones (excluding diaryl/α,β-unsaturated/α-hetero) is 1. The normalized spacial score (nSPS) is 13.0. The zero-order chi connectivity index (χ0) is 18.5. The molecule has 0 heterocycles. The first-order valence-electron chi connectivity index (χ1n) is 6.20. The highest BCUT2D eigenvalue weighted by atomic mass is 35.5. The molecule has 1 aromatic carbocycles. The lowest BCUT2D eigenvalue weighted by molar-refractivity contribution is -0.162. The highest BCUT2D eigenvalue weighted by Gasteiger charge is 2.36. The quantitative estimate of drug-likeness (QED) is 0.266. The largest absolute Gasteiger partial charge is 0.468 e. The third-order valence-corrected chi connectivity index (χ3v) is 4.07. The van der Waals surface area contributed by atoms with Crippen LogP contribution in [-0.4, -0.2) is 36.5 Å².